The van der Waals surface area contributed by atoms with Gasteiger partial charge in [-0.05, 0) is 49.4 Å². The van der Waals surface area contributed by atoms with E-state index in [1.807, 2.05) is 0 Å². The normalized spacial score (nSPS) is 40.6. The summed E-state index contributed by atoms with van der Waals surface area (Å²) >= 11 is 0. The smallest absolute Gasteiger partial charge is 0.0623 e. The van der Waals surface area contributed by atoms with Gasteiger partial charge in [-0.25, -0.2) is 0 Å². The second kappa shape index (κ2) is 8.88. The summed E-state index contributed by atoms with van der Waals surface area (Å²) in [6, 6.07) is 0. The van der Waals surface area contributed by atoms with Crippen LogP contribution in [0.15, 0.2) is 0 Å². The third-order valence-electron chi connectivity index (χ3n) is 6.71. The first-order valence-electron chi connectivity index (χ1n) is 10.1. The Balaban J connectivity index is 2.23. The molecule has 2 saturated carbocycles. The molecule has 2 heteroatoms. The monoisotopic (exact) mass is 357 g/mol. The van der Waals surface area contributed by atoms with E-state index in [0.717, 1.165) is 46.0 Å². The van der Waals surface area contributed by atoms with Gasteiger partial charge in [0.15, 0.2) is 0 Å². The molecule has 0 aromatic heterocycles. The fourth-order valence-corrected chi connectivity index (χ4v) is 11.6. The molecule has 0 saturated heterocycles. The molecule has 2 fully saturated rings. The average molecular weight is 358 g/mol. The first-order chi connectivity index (χ1) is 10.8. The topological polar surface area (TPSA) is 0 Å². The Hall–Kier alpha value is 0.700. The molecule has 0 spiro atoms. The van der Waals surface area contributed by atoms with Crippen LogP contribution in [0, 0.1) is 35.5 Å². The largest absolute Gasteiger partial charge is 0.133 e. The van der Waals surface area contributed by atoms with Crippen molar-refractivity contribution in [2.45, 2.75) is 90.6 Å². The Bertz CT molecular complexity index is 320. The average Bonchev–Trinajstić information content (AvgIpc) is 2.47. The van der Waals surface area contributed by atoms with Crippen molar-refractivity contribution in [3.05, 3.63) is 0 Å². The molecule has 6 unspecified atom stereocenters. The maximum Gasteiger partial charge on any atom is 0.133 e. The van der Waals surface area contributed by atoms with Crippen molar-refractivity contribution in [2.24, 2.45) is 35.5 Å². The van der Waals surface area contributed by atoms with E-state index in [1.165, 1.54) is 38.5 Å². The van der Waals surface area contributed by atoms with Crippen LogP contribution in [0.1, 0.15) is 80.1 Å². The molecule has 0 aromatic carbocycles. The lowest BCUT2D eigenvalue weighted by Crippen LogP contribution is -2.46. The minimum Gasteiger partial charge on any atom is -0.0623 e. The molecule has 0 nitrogen and oxygen atoms in total. The molecule has 2 rings (SSSR count). The lowest BCUT2D eigenvalue weighted by molar-refractivity contribution is 0.227. The lowest BCUT2D eigenvalue weighted by Gasteiger charge is -2.42. The zero-order valence-corrected chi connectivity index (χ0v) is 18.3. The summed E-state index contributed by atoms with van der Waals surface area (Å²) in [6.45, 7) is 15.0. The molecule has 0 N–H and O–H groups in total. The molecular weight excluding hydrogens is 316 g/mol. The van der Waals surface area contributed by atoms with Crippen molar-refractivity contribution in [1.82, 2.24) is 0 Å². The minimum absolute atomic E-state index is 0.570. The van der Waals surface area contributed by atoms with E-state index in [1.54, 1.807) is 0 Å². The van der Waals surface area contributed by atoms with Gasteiger partial charge < -0.3 is 0 Å². The molecule has 6 atom stereocenters. The summed E-state index contributed by atoms with van der Waals surface area (Å²) in [4.78, 5) is 0. The summed E-state index contributed by atoms with van der Waals surface area (Å²) in [6.07, 6.45) is 11.4. The SMILES string of the molecule is CS[S+](C1CC(C)CCC1C(C)C)C1CC(C)CCC1C(C)C. The highest BCUT2D eigenvalue weighted by molar-refractivity contribution is 8.74. The Kier molecular flexibility index (Phi) is 7.73. The Morgan fingerprint density at radius 2 is 1.13 bits per heavy atom. The van der Waals surface area contributed by atoms with E-state index < -0.39 is 0 Å². The molecule has 0 bridgehead atoms. The van der Waals surface area contributed by atoms with E-state index in [0.29, 0.717) is 9.93 Å². The quantitative estimate of drug-likeness (QED) is 0.385. The number of rotatable bonds is 5. The zero-order valence-electron chi connectivity index (χ0n) is 16.7. The molecule has 2 aliphatic rings. The second-order valence-corrected chi connectivity index (χ2v) is 13.6. The predicted octanol–water partition coefficient (Wildman–Crippen LogP) is 6.80. The Morgan fingerprint density at radius 1 is 0.739 bits per heavy atom. The summed E-state index contributed by atoms with van der Waals surface area (Å²) in [5.74, 6) is 5.60. The van der Waals surface area contributed by atoms with Crippen LogP contribution in [0.2, 0.25) is 0 Å². The van der Waals surface area contributed by atoms with Crippen LogP contribution in [0.5, 0.6) is 0 Å². The molecule has 0 heterocycles. The lowest BCUT2D eigenvalue weighted by atomic mass is 9.76. The maximum absolute atomic E-state index is 2.51. The second-order valence-electron chi connectivity index (χ2n) is 9.22. The van der Waals surface area contributed by atoms with Crippen LogP contribution in [0.3, 0.4) is 0 Å². The third-order valence-corrected chi connectivity index (χ3v) is 12.0. The summed E-state index contributed by atoms with van der Waals surface area (Å²) < 4.78 is 0. The van der Waals surface area contributed by atoms with Crippen LogP contribution < -0.4 is 0 Å². The van der Waals surface area contributed by atoms with Gasteiger partial charge in [0.1, 0.15) is 10.5 Å². The Labute approximate surface area is 153 Å². The fourth-order valence-electron chi connectivity index (χ4n) is 5.24. The van der Waals surface area contributed by atoms with Gasteiger partial charge in [-0.2, -0.15) is 0 Å². The first kappa shape index (κ1) is 20.0. The van der Waals surface area contributed by atoms with Crippen LogP contribution >= 0.6 is 10.8 Å². The van der Waals surface area contributed by atoms with Gasteiger partial charge in [0.2, 0.25) is 0 Å². The van der Waals surface area contributed by atoms with Crippen molar-refractivity contribution in [1.29, 1.82) is 0 Å². The Morgan fingerprint density at radius 3 is 1.43 bits per heavy atom. The molecule has 23 heavy (non-hydrogen) atoms. The van der Waals surface area contributed by atoms with Crippen molar-refractivity contribution in [3.8, 4) is 0 Å². The van der Waals surface area contributed by atoms with Gasteiger partial charge in [-0.1, -0.05) is 54.4 Å². The van der Waals surface area contributed by atoms with Gasteiger partial charge in [0.05, 0.1) is 20.7 Å². The number of hydrogen-bond acceptors (Lipinski definition) is 1. The molecular formula is C21H41S2+. The number of hydrogen-bond donors (Lipinski definition) is 0. The summed E-state index contributed by atoms with van der Waals surface area (Å²) in [7, 11) is 2.83. The maximum atomic E-state index is 2.51. The van der Waals surface area contributed by atoms with Gasteiger partial charge in [-0.3, -0.25) is 0 Å². The molecule has 0 aliphatic heterocycles. The van der Waals surface area contributed by atoms with E-state index in [4.69, 9.17) is 0 Å². The highest BCUT2D eigenvalue weighted by Crippen LogP contribution is 2.48. The van der Waals surface area contributed by atoms with Crippen LogP contribution in [-0.2, 0) is 9.93 Å². The summed E-state index contributed by atoms with van der Waals surface area (Å²) in [5, 5.41) is 1.98. The van der Waals surface area contributed by atoms with Crippen molar-refractivity contribution >= 4 is 20.7 Å². The van der Waals surface area contributed by atoms with Crippen molar-refractivity contribution in [3.63, 3.8) is 0 Å². The standard InChI is InChI=1S/C21H41S2/c1-14(2)18-10-8-16(5)12-20(18)23(22-7)21-13-17(6)9-11-19(21)15(3)4/h14-21H,8-13H2,1-7H3/q+1. The highest BCUT2D eigenvalue weighted by atomic mass is 33.1. The van der Waals surface area contributed by atoms with E-state index >= 15 is 0 Å². The first-order valence-corrected chi connectivity index (χ1v) is 13.2. The molecule has 0 amide bonds. The zero-order chi connectivity index (χ0) is 17.1. The van der Waals surface area contributed by atoms with Gasteiger partial charge in [0, 0.05) is 18.1 Å². The van der Waals surface area contributed by atoms with Crippen LogP contribution in [0.25, 0.3) is 0 Å². The van der Waals surface area contributed by atoms with Gasteiger partial charge in [0.25, 0.3) is 0 Å². The van der Waals surface area contributed by atoms with E-state index in [-0.39, 0.29) is 0 Å². The molecule has 136 valence electrons. The van der Waals surface area contributed by atoms with Crippen LogP contribution in [0.4, 0.5) is 0 Å². The van der Waals surface area contributed by atoms with Crippen molar-refractivity contribution < 1.29 is 0 Å². The van der Waals surface area contributed by atoms with E-state index in [2.05, 4.69) is 58.6 Å². The van der Waals surface area contributed by atoms with Crippen molar-refractivity contribution in [2.75, 3.05) is 6.26 Å². The molecule has 0 radical (unpaired) electrons. The van der Waals surface area contributed by atoms with E-state index in [9.17, 15) is 0 Å². The minimum atomic E-state index is 0.570. The van der Waals surface area contributed by atoms with Gasteiger partial charge in [-0.15, -0.1) is 0 Å². The molecule has 2 aliphatic carbocycles. The highest BCUT2D eigenvalue weighted by Gasteiger charge is 2.50. The summed E-state index contributed by atoms with van der Waals surface area (Å²) in [5.41, 5.74) is 0. The third kappa shape index (κ3) is 4.87. The van der Waals surface area contributed by atoms with Gasteiger partial charge >= 0.3 is 0 Å². The fraction of sp³-hybridized carbons (Fsp3) is 1.00. The van der Waals surface area contributed by atoms with Crippen LogP contribution in [-0.4, -0.2) is 16.8 Å². The molecule has 0 aromatic rings. The predicted molar refractivity (Wildman–Crippen MR) is 111 cm³/mol.